The Morgan fingerprint density at radius 2 is 2.00 bits per heavy atom. The van der Waals surface area contributed by atoms with Gasteiger partial charge in [0.25, 0.3) is 5.09 Å². The predicted octanol–water partition coefficient (Wildman–Crippen LogP) is 0.181. The van der Waals surface area contributed by atoms with Crippen LogP contribution in [0, 0.1) is 10.1 Å². The minimum Gasteiger partial charge on any atom is -0.460 e. The number of hydrogen-bond donors (Lipinski definition) is 0. The van der Waals surface area contributed by atoms with Gasteiger partial charge in [0.15, 0.2) is 0 Å². The Bertz CT molecular complexity index is 338. The second-order valence-corrected chi connectivity index (χ2v) is 4.42. The van der Waals surface area contributed by atoms with E-state index in [2.05, 4.69) is 9.74 Å². The Hall–Kier alpha value is -1.70. The molecule has 0 unspecified atom stereocenters. The van der Waals surface area contributed by atoms with Crippen molar-refractivity contribution >= 4 is 11.8 Å². The molecule has 1 rings (SSSR count). The number of nitrogens with zero attached hydrogens (tertiary/aromatic N) is 2. The quantitative estimate of drug-likeness (QED) is 0.215. The van der Waals surface area contributed by atoms with E-state index >= 15 is 0 Å². The number of hydrogen-bond acceptors (Lipinski definition) is 7. The normalized spacial score (nSPS) is 16.9. The molecule has 19 heavy (non-hydrogen) atoms. The van der Waals surface area contributed by atoms with Gasteiger partial charge in [-0.05, 0) is 19.3 Å². The zero-order valence-electron chi connectivity index (χ0n) is 10.9. The van der Waals surface area contributed by atoms with Crippen molar-refractivity contribution in [3.05, 3.63) is 10.1 Å². The zero-order valence-corrected chi connectivity index (χ0v) is 10.9. The number of carbonyl (C=O) groups excluding carboxylic acids is 2. The lowest BCUT2D eigenvalue weighted by Gasteiger charge is -2.30. The van der Waals surface area contributed by atoms with Crippen LogP contribution in [-0.4, -0.2) is 54.1 Å². The molecule has 0 atom stereocenters. The molecule has 0 spiro atoms. The maximum atomic E-state index is 10.9. The highest BCUT2D eigenvalue weighted by Crippen LogP contribution is 2.13. The molecule has 1 heterocycles. The van der Waals surface area contributed by atoms with Crippen molar-refractivity contribution in [2.75, 3.05) is 26.2 Å². The van der Waals surface area contributed by atoms with Crippen molar-refractivity contribution in [1.82, 2.24) is 4.90 Å². The number of likely N-dealkylation sites (tertiary alicyclic amines) is 1. The van der Waals surface area contributed by atoms with Gasteiger partial charge in [0.05, 0.1) is 6.61 Å². The van der Waals surface area contributed by atoms with E-state index in [9.17, 15) is 19.7 Å². The van der Waals surface area contributed by atoms with Gasteiger partial charge in [0.2, 0.25) is 5.78 Å². The SMILES string of the molecule is CC(=O)C(=O)OCCCN1CCC(O[N+](=O)[O-])CC1. The molecule has 0 aromatic rings. The van der Waals surface area contributed by atoms with Crippen molar-refractivity contribution in [3.63, 3.8) is 0 Å². The molecule has 1 fully saturated rings. The van der Waals surface area contributed by atoms with E-state index in [1.807, 2.05) is 0 Å². The van der Waals surface area contributed by atoms with Crippen LogP contribution in [-0.2, 0) is 19.2 Å². The molecule has 1 aliphatic rings. The van der Waals surface area contributed by atoms with Crippen molar-refractivity contribution in [3.8, 4) is 0 Å². The van der Waals surface area contributed by atoms with Crippen LogP contribution in [0.15, 0.2) is 0 Å². The summed E-state index contributed by atoms with van der Waals surface area (Å²) in [5.74, 6) is -1.41. The first-order valence-corrected chi connectivity index (χ1v) is 6.20. The minimum absolute atomic E-state index is 0.212. The fourth-order valence-corrected chi connectivity index (χ4v) is 1.91. The maximum absolute atomic E-state index is 10.9. The topological polar surface area (TPSA) is 99.0 Å². The van der Waals surface area contributed by atoms with Crippen LogP contribution in [0.4, 0.5) is 0 Å². The summed E-state index contributed by atoms with van der Waals surface area (Å²) >= 11 is 0. The molecule has 0 saturated carbocycles. The summed E-state index contributed by atoms with van der Waals surface area (Å²) in [6.45, 7) is 3.56. The minimum atomic E-state index is -0.807. The van der Waals surface area contributed by atoms with Gasteiger partial charge in [-0.25, -0.2) is 4.79 Å². The van der Waals surface area contributed by atoms with E-state index in [0.29, 0.717) is 19.3 Å². The summed E-state index contributed by atoms with van der Waals surface area (Å²) in [6, 6.07) is 0. The molecule has 8 nitrogen and oxygen atoms in total. The third kappa shape index (κ3) is 6.14. The summed E-state index contributed by atoms with van der Waals surface area (Å²) in [7, 11) is 0. The molecule has 0 N–H and O–H groups in total. The number of esters is 1. The van der Waals surface area contributed by atoms with Crippen LogP contribution in [0.25, 0.3) is 0 Å². The summed E-state index contributed by atoms with van der Waals surface area (Å²) in [6.07, 6.45) is 1.56. The monoisotopic (exact) mass is 274 g/mol. The number of piperidine rings is 1. The lowest BCUT2D eigenvalue weighted by atomic mass is 10.1. The Balaban J connectivity index is 2.08. The summed E-state index contributed by atoms with van der Waals surface area (Å²) in [5.41, 5.74) is 0. The first-order chi connectivity index (χ1) is 8.99. The summed E-state index contributed by atoms with van der Waals surface area (Å²) in [4.78, 5) is 38.3. The van der Waals surface area contributed by atoms with E-state index in [0.717, 1.165) is 19.6 Å². The number of rotatable bonds is 7. The van der Waals surface area contributed by atoms with E-state index in [1.54, 1.807) is 0 Å². The average Bonchev–Trinajstić information content (AvgIpc) is 2.35. The van der Waals surface area contributed by atoms with Crippen LogP contribution >= 0.6 is 0 Å². The summed E-state index contributed by atoms with van der Waals surface area (Å²) < 4.78 is 4.74. The van der Waals surface area contributed by atoms with Gasteiger partial charge in [-0.1, -0.05) is 0 Å². The number of ether oxygens (including phenoxy) is 1. The highest BCUT2D eigenvalue weighted by molar-refractivity contribution is 6.32. The molecule has 8 heteroatoms. The molecule has 108 valence electrons. The molecule has 0 radical (unpaired) electrons. The molecular formula is C11H18N2O6. The largest absolute Gasteiger partial charge is 0.460 e. The molecule has 0 bridgehead atoms. The molecule has 0 amide bonds. The fourth-order valence-electron chi connectivity index (χ4n) is 1.91. The maximum Gasteiger partial charge on any atom is 0.374 e. The van der Waals surface area contributed by atoms with E-state index < -0.39 is 16.8 Å². The van der Waals surface area contributed by atoms with Gasteiger partial charge >= 0.3 is 5.97 Å². The molecule has 0 aromatic heterocycles. The second kappa shape index (κ2) is 7.67. The van der Waals surface area contributed by atoms with E-state index in [4.69, 9.17) is 4.74 Å². The van der Waals surface area contributed by atoms with Gasteiger partial charge in [-0.15, -0.1) is 10.1 Å². The van der Waals surface area contributed by atoms with Crippen molar-refractivity contribution in [1.29, 1.82) is 0 Å². The van der Waals surface area contributed by atoms with Crippen molar-refractivity contribution in [2.24, 2.45) is 0 Å². The van der Waals surface area contributed by atoms with Gasteiger partial charge < -0.3 is 14.5 Å². The fraction of sp³-hybridized carbons (Fsp3) is 0.818. The van der Waals surface area contributed by atoms with Gasteiger partial charge in [0, 0.05) is 26.6 Å². The van der Waals surface area contributed by atoms with Crippen molar-refractivity contribution in [2.45, 2.75) is 32.3 Å². The molecule has 1 aliphatic heterocycles. The van der Waals surface area contributed by atoms with E-state index in [-0.39, 0.29) is 12.7 Å². The lowest BCUT2D eigenvalue weighted by molar-refractivity contribution is -0.769. The number of Topliss-reactive ketones (excluding diaryl/α,β-unsaturated/α-hetero) is 1. The highest BCUT2D eigenvalue weighted by atomic mass is 17.0. The number of carbonyl (C=O) groups is 2. The Kier molecular flexibility index (Phi) is 6.20. The summed E-state index contributed by atoms with van der Waals surface area (Å²) in [5, 5.41) is 9.42. The van der Waals surface area contributed by atoms with Crippen LogP contribution in [0.2, 0.25) is 0 Å². The molecule has 0 aromatic carbocycles. The highest BCUT2D eigenvalue weighted by Gasteiger charge is 2.21. The Morgan fingerprint density at radius 1 is 1.37 bits per heavy atom. The van der Waals surface area contributed by atoms with Crippen LogP contribution in [0.3, 0.4) is 0 Å². The third-order valence-electron chi connectivity index (χ3n) is 2.91. The Labute approximate surface area is 110 Å². The first-order valence-electron chi connectivity index (χ1n) is 6.20. The van der Waals surface area contributed by atoms with Crippen molar-refractivity contribution < 1.29 is 24.3 Å². The predicted molar refractivity (Wildman–Crippen MR) is 63.8 cm³/mol. The standard InChI is InChI=1S/C11H18N2O6/c1-9(14)11(15)18-8-2-5-12-6-3-10(4-7-12)19-13(16)17/h10H,2-8H2,1H3. The zero-order chi connectivity index (χ0) is 14.3. The van der Waals surface area contributed by atoms with Gasteiger partial charge in [-0.2, -0.15) is 0 Å². The van der Waals surface area contributed by atoms with Gasteiger partial charge in [-0.3, -0.25) is 4.79 Å². The Morgan fingerprint density at radius 3 is 2.53 bits per heavy atom. The van der Waals surface area contributed by atoms with Gasteiger partial charge in [0.1, 0.15) is 6.10 Å². The van der Waals surface area contributed by atoms with Crippen LogP contribution in [0.1, 0.15) is 26.2 Å². The van der Waals surface area contributed by atoms with Crippen LogP contribution < -0.4 is 0 Å². The molecular weight excluding hydrogens is 256 g/mol. The molecule has 1 saturated heterocycles. The average molecular weight is 274 g/mol. The smallest absolute Gasteiger partial charge is 0.374 e. The second-order valence-electron chi connectivity index (χ2n) is 4.42. The third-order valence-corrected chi connectivity index (χ3v) is 2.91. The van der Waals surface area contributed by atoms with E-state index in [1.165, 1.54) is 6.92 Å². The molecule has 0 aliphatic carbocycles. The van der Waals surface area contributed by atoms with Crippen LogP contribution in [0.5, 0.6) is 0 Å². The number of ketones is 1. The lowest BCUT2D eigenvalue weighted by Crippen LogP contribution is -2.38. The first kappa shape index (κ1) is 15.4.